The molecule has 1 N–H and O–H groups in total. The molecule has 0 spiro atoms. The summed E-state index contributed by atoms with van der Waals surface area (Å²) in [4.78, 5) is 15.3. The molecule has 0 bridgehead atoms. The summed E-state index contributed by atoms with van der Waals surface area (Å²) in [5, 5.41) is 8.81. The molecular formula is C25H27F2N7O2S. The van der Waals surface area contributed by atoms with Gasteiger partial charge in [0.2, 0.25) is 5.95 Å². The van der Waals surface area contributed by atoms with Crippen molar-refractivity contribution in [3.05, 3.63) is 54.4 Å². The topological polar surface area (TPSA) is 106 Å². The average Bonchev–Trinajstić information content (AvgIpc) is 3.18. The number of benzene rings is 1. The third-order valence-corrected chi connectivity index (χ3v) is 7.62. The Kier molecular flexibility index (Phi) is 6.30. The van der Waals surface area contributed by atoms with E-state index in [0.29, 0.717) is 18.2 Å². The molecule has 1 aromatic carbocycles. The molecule has 37 heavy (non-hydrogen) atoms. The van der Waals surface area contributed by atoms with Crippen LogP contribution in [0.1, 0.15) is 32.3 Å². The first kappa shape index (κ1) is 25.0. The fourth-order valence-corrected chi connectivity index (χ4v) is 5.72. The van der Waals surface area contributed by atoms with E-state index < -0.39 is 21.9 Å². The van der Waals surface area contributed by atoms with Crippen LogP contribution in [0, 0.1) is 11.9 Å². The Labute approximate surface area is 213 Å². The molecule has 0 saturated carbocycles. The van der Waals surface area contributed by atoms with Gasteiger partial charge in [0.15, 0.2) is 5.82 Å². The van der Waals surface area contributed by atoms with Crippen molar-refractivity contribution < 1.29 is 16.7 Å². The van der Waals surface area contributed by atoms with Gasteiger partial charge in [-0.05, 0) is 42.0 Å². The number of halogens is 2. The van der Waals surface area contributed by atoms with Crippen LogP contribution in [0.4, 0.5) is 25.6 Å². The van der Waals surface area contributed by atoms with E-state index in [1.165, 1.54) is 17.1 Å². The Bertz CT molecular complexity index is 1590. The molecule has 12 heteroatoms. The summed E-state index contributed by atoms with van der Waals surface area (Å²) in [5.41, 5.74) is 2.25. The second-order valence-corrected chi connectivity index (χ2v) is 11.1. The van der Waals surface area contributed by atoms with Crippen LogP contribution >= 0.6 is 0 Å². The Morgan fingerprint density at radius 2 is 1.95 bits per heavy atom. The first-order chi connectivity index (χ1) is 17.5. The lowest BCUT2D eigenvalue weighted by atomic mass is 9.88. The van der Waals surface area contributed by atoms with Gasteiger partial charge in [-0.2, -0.15) is 12.8 Å². The van der Waals surface area contributed by atoms with Crippen LogP contribution < -0.4 is 10.2 Å². The Hall–Kier alpha value is -3.67. The average molecular weight is 528 g/mol. The van der Waals surface area contributed by atoms with Crippen LogP contribution in [-0.2, 0) is 17.3 Å². The molecule has 1 aliphatic heterocycles. The number of nitrogens with zero attached hydrogens (tertiary/aromatic N) is 6. The van der Waals surface area contributed by atoms with Crippen molar-refractivity contribution in [2.45, 2.75) is 32.7 Å². The molecule has 1 fully saturated rings. The molecule has 0 radical (unpaired) electrons. The third-order valence-electron chi connectivity index (χ3n) is 6.80. The van der Waals surface area contributed by atoms with E-state index in [1.807, 2.05) is 19.1 Å². The maximum absolute atomic E-state index is 14.1. The number of fused-ring (bicyclic) bond motifs is 1. The normalized spacial score (nSPS) is 17.9. The lowest BCUT2D eigenvalue weighted by Gasteiger charge is -2.48. The van der Waals surface area contributed by atoms with E-state index in [2.05, 4.69) is 50.2 Å². The molecule has 4 aromatic rings. The van der Waals surface area contributed by atoms with Crippen molar-refractivity contribution in [2.24, 2.45) is 13.0 Å². The molecule has 9 nitrogen and oxygen atoms in total. The van der Waals surface area contributed by atoms with Crippen LogP contribution in [0.2, 0.25) is 0 Å². The first-order valence-corrected chi connectivity index (χ1v) is 13.5. The summed E-state index contributed by atoms with van der Waals surface area (Å²) in [5.74, 6) is 0.0740. The molecule has 1 aliphatic rings. The minimum atomic E-state index is -4.52. The van der Waals surface area contributed by atoms with Gasteiger partial charge in [0, 0.05) is 55.2 Å². The van der Waals surface area contributed by atoms with Gasteiger partial charge in [0.1, 0.15) is 11.6 Å². The van der Waals surface area contributed by atoms with Gasteiger partial charge in [-0.1, -0.05) is 19.9 Å². The highest BCUT2D eigenvalue weighted by Gasteiger charge is 2.39. The highest BCUT2D eigenvalue weighted by molar-refractivity contribution is 7.86. The van der Waals surface area contributed by atoms with Gasteiger partial charge in [-0.25, -0.2) is 15.0 Å². The molecule has 0 unspecified atom stereocenters. The van der Waals surface area contributed by atoms with Crippen molar-refractivity contribution >= 4 is 38.3 Å². The fraction of sp³-hybridized carbons (Fsp3) is 0.360. The molecule has 1 saturated heterocycles. The Balaban J connectivity index is 1.47. The van der Waals surface area contributed by atoms with Gasteiger partial charge in [0.05, 0.1) is 11.3 Å². The van der Waals surface area contributed by atoms with Crippen molar-refractivity contribution in [1.82, 2.24) is 24.7 Å². The minimum absolute atomic E-state index is 0.122. The van der Waals surface area contributed by atoms with Gasteiger partial charge >= 0.3 is 10.2 Å². The summed E-state index contributed by atoms with van der Waals surface area (Å²) < 4.78 is 51.0. The molecule has 5 rings (SSSR count). The summed E-state index contributed by atoms with van der Waals surface area (Å²) in [6, 6.07) is 7.57. The number of aryl methyl sites for hydroxylation is 1. The smallest absolute Gasteiger partial charge is 0.302 e. The summed E-state index contributed by atoms with van der Waals surface area (Å²) in [6.45, 7) is 6.57. The van der Waals surface area contributed by atoms with E-state index in [9.17, 15) is 16.7 Å². The van der Waals surface area contributed by atoms with Crippen molar-refractivity contribution in [2.75, 3.05) is 22.5 Å². The summed E-state index contributed by atoms with van der Waals surface area (Å²) in [6.07, 6.45) is 4.83. The number of hydrogen-bond acceptors (Lipinski definition) is 8. The van der Waals surface area contributed by atoms with Gasteiger partial charge in [0.25, 0.3) is 0 Å². The maximum atomic E-state index is 14.1. The van der Waals surface area contributed by atoms with Crippen molar-refractivity contribution in [3.8, 4) is 11.4 Å². The van der Waals surface area contributed by atoms with Gasteiger partial charge in [-0.3, -0.25) is 4.68 Å². The zero-order valence-electron chi connectivity index (χ0n) is 20.9. The molecule has 2 atom stereocenters. The fourth-order valence-electron chi connectivity index (χ4n) is 4.82. The molecule has 0 amide bonds. The molecule has 4 heterocycles. The van der Waals surface area contributed by atoms with Crippen molar-refractivity contribution in [3.63, 3.8) is 0 Å². The van der Waals surface area contributed by atoms with E-state index in [0.717, 1.165) is 22.0 Å². The lowest BCUT2D eigenvalue weighted by Crippen LogP contribution is -2.57. The molecule has 194 valence electrons. The van der Waals surface area contributed by atoms with Crippen LogP contribution in [-0.4, -0.2) is 51.5 Å². The zero-order valence-corrected chi connectivity index (χ0v) is 21.7. The third kappa shape index (κ3) is 4.97. The largest absolute Gasteiger partial charge is 0.368 e. The molecular weight excluding hydrogens is 500 g/mol. The Morgan fingerprint density at radius 1 is 1.16 bits per heavy atom. The predicted octanol–water partition coefficient (Wildman–Crippen LogP) is 4.56. The monoisotopic (exact) mass is 527 g/mol. The van der Waals surface area contributed by atoms with Crippen LogP contribution in [0.3, 0.4) is 0 Å². The van der Waals surface area contributed by atoms with E-state index >= 15 is 0 Å². The minimum Gasteiger partial charge on any atom is -0.368 e. The van der Waals surface area contributed by atoms with E-state index in [4.69, 9.17) is 0 Å². The summed E-state index contributed by atoms with van der Waals surface area (Å²) >= 11 is 0. The number of nitrogens with one attached hydrogen (secondary N) is 1. The van der Waals surface area contributed by atoms with E-state index in [1.54, 1.807) is 19.3 Å². The molecule has 0 aliphatic carbocycles. The van der Waals surface area contributed by atoms with E-state index in [-0.39, 0.29) is 29.3 Å². The second kappa shape index (κ2) is 9.33. The number of aromatic nitrogens is 5. The first-order valence-electron chi connectivity index (χ1n) is 11.9. The zero-order chi connectivity index (χ0) is 26.5. The number of rotatable bonds is 7. The molecule has 3 aromatic heterocycles. The quantitative estimate of drug-likeness (QED) is 0.349. The predicted molar refractivity (Wildman–Crippen MR) is 138 cm³/mol. The van der Waals surface area contributed by atoms with Crippen molar-refractivity contribution in [1.29, 1.82) is 0 Å². The van der Waals surface area contributed by atoms with Crippen LogP contribution in [0.5, 0.6) is 0 Å². The highest BCUT2D eigenvalue weighted by atomic mass is 32.3. The van der Waals surface area contributed by atoms with Crippen LogP contribution in [0.25, 0.3) is 22.2 Å². The number of hydrogen-bond donors (Lipinski definition) is 1. The number of pyridine rings is 1. The van der Waals surface area contributed by atoms with Crippen LogP contribution in [0.15, 0.2) is 42.9 Å². The Morgan fingerprint density at radius 3 is 2.59 bits per heavy atom. The lowest BCUT2D eigenvalue weighted by molar-refractivity contribution is 0.338. The maximum Gasteiger partial charge on any atom is 0.302 e. The highest BCUT2D eigenvalue weighted by Crippen LogP contribution is 2.39. The van der Waals surface area contributed by atoms with Gasteiger partial charge in [-0.15, -0.1) is 8.98 Å². The summed E-state index contributed by atoms with van der Waals surface area (Å²) in [7, 11) is -2.90. The van der Waals surface area contributed by atoms with Gasteiger partial charge < -0.3 is 10.2 Å². The number of anilines is 3. The standard InChI is InChI=1S/C25H27F2N7O2S/c1-14(2)17-5-6-21(34-11-16(15(34)3)13-37(27,35)36)19-10-29-23(9-18(17)19)30-22-7-8-28-25(31-22)20-12-33(4)32-24(20)26/h5-10,12,14-16H,11,13H2,1-4H3,(H,28,29,30,31)/t15-,16-/m1/s1. The SMILES string of the molecule is CC(C)c1ccc(N2C[C@H](CS(=O)(=O)F)[C@H]2C)c2cnc(Nc3ccnc(-c4cn(C)nc4F)n3)cc12. The second-order valence-electron chi connectivity index (χ2n) is 9.70.